The fraction of sp³-hybridized carbons (Fsp3) is 0.294. The summed E-state index contributed by atoms with van der Waals surface area (Å²) in [5.74, 6) is 0. The van der Waals surface area contributed by atoms with Gasteiger partial charge in [-0.15, -0.1) is 0 Å². The second kappa shape index (κ2) is 5.45. The van der Waals surface area contributed by atoms with Crippen LogP contribution in [0.2, 0.25) is 0 Å². The standard InChI is InChI=1S/C17H19NO/c18-16-10-4-2-7-14(16)12-19-17-11-5-8-13-6-1-3-9-15(13)17/h1-4,6-7,9-10,17H,5,8,11-12,18H2. The van der Waals surface area contributed by atoms with Crippen molar-refractivity contribution in [3.63, 3.8) is 0 Å². The third-order valence-electron chi connectivity index (χ3n) is 3.81. The molecule has 0 spiro atoms. The van der Waals surface area contributed by atoms with Crippen molar-refractivity contribution in [3.8, 4) is 0 Å². The minimum absolute atomic E-state index is 0.213. The van der Waals surface area contributed by atoms with Crippen LogP contribution in [0, 0.1) is 0 Å². The lowest BCUT2D eigenvalue weighted by Crippen LogP contribution is -2.13. The van der Waals surface area contributed by atoms with E-state index in [-0.39, 0.29) is 6.10 Å². The van der Waals surface area contributed by atoms with Gasteiger partial charge >= 0.3 is 0 Å². The number of anilines is 1. The quantitative estimate of drug-likeness (QED) is 0.843. The first-order valence-electron chi connectivity index (χ1n) is 6.87. The molecule has 0 aliphatic heterocycles. The molecule has 2 N–H and O–H groups in total. The Hall–Kier alpha value is -1.80. The van der Waals surface area contributed by atoms with Crippen molar-refractivity contribution >= 4 is 5.69 Å². The lowest BCUT2D eigenvalue weighted by atomic mass is 9.89. The third kappa shape index (κ3) is 2.64. The molecule has 1 aliphatic rings. The van der Waals surface area contributed by atoms with Crippen LogP contribution in [-0.2, 0) is 17.8 Å². The summed E-state index contributed by atoms with van der Waals surface area (Å²) in [6, 6.07) is 16.5. The van der Waals surface area contributed by atoms with E-state index in [2.05, 4.69) is 24.3 Å². The number of para-hydroxylation sites is 1. The van der Waals surface area contributed by atoms with Crippen molar-refractivity contribution in [3.05, 3.63) is 65.2 Å². The van der Waals surface area contributed by atoms with E-state index in [1.54, 1.807) is 0 Å². The Bertz CT molecular complexity index is 565. The van der Waals surface area contributed by atoms with Crippen LogP contribution in [-0.4, -0.2) is 0 Å². The molecule has 2 nitrogen and oxygen atoms in total. The number of hydrogen-bond acceptors (Lipinski definition) is 2. The summed E-state index contributed by atoms with van der Waals surface area (Å²) in [5.41, 5.74) is 10.6. The second-order valence-corrected chi connectivity index (χ2v) is 5.09. The van der Waals surface area contributed by atoms with Crippen LogP contribution in [0.15, 0.2) is 48.5 Å². The number of aryl methyl sites for hydroxylation is 1. The average molecular weight is 253 g/mol. The van der Waals surface area contributed by atoms with E-state index in [1.165, 1.54) is 24.0 Å². The molecule has 0 fully saturated rings. The molecule has 2 heteroatoms. The predicted molar refractivity (Wildman–Crippen MR) is 77.8 cm³/mol. The Labute approximate surface area is 114 Å². The van der Waals surface area contributed by atoms with Gasteiger partial charge in [-0.1, -0.05) is 42.5 Å². The maximum absolute atomic E-state index is 6.10. The topological polar surface area (TPSA) is 35.2 Å². The van der Waals surface area contributed by atoms with Gasteiger partial charge in [0, 0.05) is 11.3 Å². The highest BCUT2D eigenvalue weighted by Crippen LogP contribution is 2.33. The molecule has 0 amide bonds. The molecule has 2 aromatic rings. The Balaban J connectivity index is 1.73. The number of ether oxygens (including phenoxy) is 1. The van der Waals surface area contributed by atoms with Gasteiger partial charge in [-0.2, -0.15) is 0 Å². The van der Waals surface area contributed by atoms with Gasteiger partial charge in [0.05, 0.1) is 12.7 Å². The van der Waals surface area contributed by atoms with Crippen molar-refractivity contribution in [1.29, 1.82) is 0 Å². The molecule has 0 saturated heterocycles. The lowest BCUT2D eigenvalue weighted by molar-refractivity contribution is 0.0286. The van der Waals surface area contributed by atoms with E-state index in [0.717, 1.165) is 17.7 Å². The van der Waals surface area contributed by atoms with Crippen LogP contribution in [0.25, 0.3) is 0 Å². The molecule has 1 atom stereocenters. The number of benzene rings is 2. The van der Waals surface area contributed by atoms with Gasteiger partial charge in [-0.25, -0.2) is 0 Å². The minimum Gasteiger partial charge on any atom is -0.398 e. The monoisotopic (exact) mass is 253 g/mol. The molecule has 0 aromatic heterocycles. The first-order valence-corrected chi connectivity index (χ1v) is 6.87. The summed E-state index contributed by atoms with van der Waals surface area (Å²) >= 11 is 0. The maximum Gasteiger partial charge on any atom is 0.0832 e. The fourth-order valence-electron chi connectivity index (χ4n) is 2.74. The molecular formula is C17H19NO. The predicted octanol–water partition coefficient (Wildman–Crippen LogP) is 3.86. The van der Waals surface area contributed by atoms with E-state index in [4.69, 9.17) is 10.5 Å². The molecule has 0 saturated carbocycles. The van der Waals surface area contributed by atoms with E-state index in [0.29, 0.717) is 6.61 Å². The van der Waals surface area contributed by atoms with E-state index >= 15 is 0 Å². The summed E-state index contributed by atoms with van der Waals surface area (Å²) in [7, 11) is 0. The largest absolute Gasteiger partial charge is 0.398 e. The summed E-state index contributed by atoms with van der Waals surface area (Å²) < 4.78 is 6.10. The molecule has 0 heterocycles. The maximum atomic E-state index is 6.10. The fourth-order valence-corrected chi connectivity index (χ4v) is 2.74. The zero-order valence-electron chi connectivity index (χ0n) is 11.0. The Morgan fingerprint density at radius 3 is 2.74 bits per heavy atom. The zero-order valence-corrected chi connectivity index (χ0v) is 11.0. The van der Waals surface area contributed by atoms with Gasteiger partial charge in [0.2, 0.25) is 0 Å². The first-order chi connectivity index (χ1) is 9.34. The highest BCUT2D eigenvalue weighted by Gasteiger charge is 2.20. The van der Waals surface area contributed by atoms with Crippen LogP contribution in [0.5, 0.6) is 0 Å². The number of hydrogen-bond donors (Lipinski definition) is 1. The molecule has 1 aliphatic carbocycles. The molecule has 1 unspecified atom stereocenters. The molecular weight excluding hydrogens is 234 g/mol. The lowest BCUT2D eigenvalue weighted by Gasteiger charge is -2.25. The Morgan fingerprint density at radius 1 is 1.05 bits per heavy atom. The first kappa shape index (κ1) is 12.2. The number of nitrogen functional groups attached to an aromatic ring is 1. The Morgan fingerprint density at radius 2 is 1.84 bits per heavy atom. The molecule has 0 radical (unpaired) electrons. The van der Waals surface area contributed by atoms with Gasteiger partial charge in [-0.05, 0) is 36.5 Å². The Kier molecular flexibility index (Phi) is 3.51. The highest BCUT2D eigenvalue weighted by atomic mass is 16.5. The van der Waals surface area contributed by atoms with Crippen LogP contribution in [0.3, 0.4) is 0 Å². The SMILES string of the molecule is Nc1ccccc1COC1CCCc2ccccc21. The van der Waals surface area contributed by atoms with Crippen molar-refractivity contribution in [1.82, 2.24) is 0 Å². The normalized spacial score (nSPS) is 18.0. The smallest absolute Gasteiger partial charge is 0.0832 e. The zero-order chi connectivity index (χ0) is 13.1. The molecule has 19 heavy (non-hydrogen) atoms. The minimum atomic E-state index is 0.213. The van der Waals surface area contributed by atoms with Crippen molar-refractivity contribution in [2.45, 2.75) is 32.0 Å². The summed E-state index contributed by atoms with van der Waals surface area (Å²) in [5, 5.41) is 0. The van der Waals surface area contributed by atoms with Gasteiger partial charge in [0.15, 0.2) is 0 Å². The summed E-state index contributed by atoms with van der Waals surface area (Å²) in [6.07, 6.45) is 3.68. The van der Waals surface area contributed by atoms with Crippen molar-refractivity contribution in [2.24, 2.45) is 0 Å². The second-order valence-electron chi connectivity index (χ2n) is 5.09. The van der Waals surface area contributed by atoms with E-state index in [1.807, 2.05) is 24.3 Å². The average Bonchev–Trinajstić information content (AvgIpc) is 2.46. The van der Waals surface area contributed by atoms with Gasteiger partial charge in [-0.3, -0.25) is 0 Å². The van der Waals surface area contributed by atoms with Crippen LogP contribution in [0.1, 0.15) is 35.6 Å². The number of nitrogens with two attached hydrogens (primary N) is 1. The molecule has 2 aromatic carbocycles. The number of rotatable bonds is 3. The van der Waals surface area contributed by atoms with Crippen molar-refractivity contribution in [2.75, 3.05) is 5.73 Å². The summed E-state index contributed by atoms with van der Waals surface area (Å²) in [4.78, 5) is 0. The van der Waals surface area contributed by atoms with Crippen LogP contribution >= 0.6 is 0 Å². The van der Waals surface area contributed by atoms with Gasteiger partial charge in [0.25, 0.3) is 0 Å². The summed E-state index contributed by atoms with van der Waals surface area (Å²) in [6.45, 7) is 0.589. The highest BCUT2D eigenvalue weighted by molar-refractivity contribution is 5.45. The van der Waals surface area contributed by atoms with Gasteiger partial charge < -0.3 is 10.5 Å². The molecule has 98 valence electrons. The van der Waals surface area contributed by atoms with Crippen LogP contribution < -0.4 is 5.73 Å². The van der Waals surface area contributed by atoms with E-state index in [9.17, 15) is 0 Å². The third-order valence-corrected chi connectivity index (χ3v) is 3.81. The van der Waals surface area contributed by atoms with Gasteiger partial charge in [0.1, 0.15) is 0 Å². The van der Waals surface area contributed by atoms with Crippen LogP contribution in [0.4, 0.5) is 5.69 Å². The molecule has 0 bridgehead atoms. The number of fused-ring (bicyclic) bond motifs is 1. The molecule has 3 rings (SSSR count). The van der Waals surface area contributed by atoms with E-state index < -0.39 is 0 Å². The van der Waals surface area contributed by atoms with Crippen molar-refractivity contribution < 1.29 is 4.74 Å².